The Kier molecular flexibility index (Phi) is 4.77. The first-order chi connectivity index (χ1) is 9.97. The first kappa shape index (κ1) is 15.3. The molecule has 6 heteroatoms. The van der Waals surface area contributed by atoms with Gasteiger partial charge < -0.3 is 9.67 Å². The number of imidazole rings is 1. The Morgan fingerprint density at radius 2 is 2.29 bits per heavy atom. The van der Waals surface area contributed by atoms with Crippen molar-refractivity contribution in [1.82, 2.24) is 14.5 Å². The van der Waals surface area contributed by atoms with Crippen LogP contribution in [0.4, 0.5) is 4.79 Å². The molecule has 21 heavy (non-hydrogen) atoms. The summed E-state index contributed by atoms with van der Waals surface area (Å²) < 4.78 is 1.99. The number of carbonyl (C=O) groups is 2. The summed E-state index contributed by atoms with van der Waals surface area (Å²) in [5, 5.41) is 8.98. The van der Waals surface area contributed by atoms with Gasteiger partial charge in [-0.15, -0.1) is 0 Å². The Hall–Kier alpha value is -2.11. The summed E-state index contributed by atoms with van der Waals surface area (Å²) >= 11 is 0. The Bertz CT molecular complexity index is 560. The molecule has 0 saturated carbocycles. The number of piperidine rings is 1. The number of aromatic nitrogens is 2. The van der Waals surface area contributed by atoms with E-state index in [0.717, 1.165) is 17.9 Å². The highest BCUT2D eigenvalue weighted by Crippen LogP contribution is 2.19. The third-order valence-electron chi connectivity index (χ3n) is 3.52. The second kappa shape index (κ2) is 6.56. The lowest BCUT2D eigenvalue weighted by Gasteiger charge is -2.23. The van der Waals surface area contributed by atoms with Crippen LogP contribution in [0.2, 0.25) is 0 Å². The van der Waals surface area contributed by atoms with Gasteiger partial charge >= 0.3 is 6.09 Å². The summed E-state index contributed by atoms with van der Waals surface area (Å²) in [5.41, 5.74) is 1.21. The lowest BCUT2D eigenvalue weighted by Crippen LogP contribution is -2.40. The molecule has 0 radical (unpaired) electrons. The molecule has 1 aliphatic heterocycles. The van der Waals surface area contributed by atoms with Crippen molar-refractivity contribution in [3.8, 4) is 0 Å². The van der Waals surface area contributed by atoms with Crippen molar-refractivity contribution in [3.05, 3.63) is 23.8 Å². The molecule has 2 rings (SSSR count). The average Bonchev–Trinajstić information content (AvgIpc) is 2.86. The number of carbonyl (C=O) groups excluding carboxylic acids is 1. The first-order valence-corrected chi connectivity index (χ1v) is 7.24. The third kappa shape index (κ3) is 3.93. The smallest absolute Gasteiger partial charge is 0.414 e. The van der Waals surface area contributed by atoms with E-state index in [1.165, 1.54) is 0 Å². The van der Waals surface area contributed by atoms with Gasteiger partial charge in [-0.1, -0.05) is 13.8 Å². The summed E-state index contributed by atoms with van der Waals surface area (Å²) in [4.78, 5) is 28.1. The Morgan fingerprint density at radius 1 is 1.52 bits per heavy atom. The quantitative estimate of drug-likeness (QED) is 0.865. The van der Waals surface area contributed by atoms with Crippen LogP contribution in [0.1, 0.15) is 38.8 Å². The van der Waals surface area contributed by atoms with Crippen LogP contribution in [0.15, 0.2) is 18.1 Å². The number of imide groups is 1. The topological polar surface area (TPSA) is 75.4 Å². The van der Waals surface area contributed by atoms with E-state index in [9.17, 15) is 9.59 Å². The molecule has 0 unspecified atom stereocenters. The van der Waals surface area contributed by atoms with Crippen LogP contribution in [0.25, 0.3) is 6.08 Å². The third-order valence-corrected chi connectivity index (χ3v) is 3.52. The van der Waals surface area contributed by atoms with Gasteiger partial charge in [-0.3, -0.25) is 4.79 Å². The standard InChI is InChI=1S/C15H21N3O3/c1-11(2)5-7-17-9-13(16-10-17)8-12-4-3-6-18(14(12)19)15(20)21/h8-11H,3-7H2,1-2H3,(H,20,21)/b12-8+. The number of amides is 2. The van der Waals surface area contributed by atoms with Gasteiger partial charge in [0.25, 0.3) is 5.91 Å². The minimum absolute atomic E-state index is 0.272. The molecule has 0 spiro atoms. The Balaban J connectivity index is 2.08. The average molecular weight is 291 g/mol. The fourth-order valence-electron chi connectivity index (χ4n) is 2.29. The summed E-state index contributed by atoms with van der Waals surface area (Å²) in [5.74, 6) is 0.198. The van der Waals surface area contributed by atoms with Gasteiger partial charge in [0.1, 0.15) is 0 Å². The molecule has 1 aromatic rings. The van der Waals surface area contributed by atoms with Gasteiger partial charge in [0.2, 0.25) is 0 Å². The number of hydrogen-bond acceptors (Lipinski definition) is 3. The van der Waals surface area contributed by atoms with E-state index in [-0.39, 0.29) is 6.54 Å². The zero-order valence-corrected chi connectivity index (χ0v) is 12.5. The molecule has 0 bridgehead atoms. The van der Waals surface area contributed by atoms with Gasteiger partial charge in [0.15, 0.2) is 0 Å². The molecule has 6 nitrogen and oxygen atoms in total. The maximum Gasteiger partial charge on any atom is 0.414 e. The molecular formula is C15H21N3O3. The molecule has 0 atom stereocenters. The van der Waals surface area contributed by atoms with E-state index >= 15 is 0 Å². The molecule has 2 amide bonds. The summed E-state index contributed by atoms with van der Waals surface area (Å²) in [6, 6.07) is 0. The molecule has 1 aromatic heterocycles. The zero-order valence-electron chi connectivity index (χ0n) is 12.5. The highest BCUT2D eigenvalue weighted by molar-refractivity contribution is 6.05. The number of carboxylic acid groups (broad SMARTS) is 1. The van der Waals surface area contributed by atoms with Crippen LogP contribution < -0.4 is 0 Å². The zero-order chi connectivity index (χ0) is 15.4. The van der Waals surface area contributed by atoms with E-state index < -0.39 is 12.0 Å². The highest BCUT2D eigenvalue weighted by Gasteiger charge is 2.27. The fraction of sp³-hybridized carbons (Fsp3) is 0.533. The number of likely N-dealkylation sites (tertiary alicyclic amines) is 1. The lowest BCUT2D eigenvalue weighted by atomic mass is 10.0. The number of rotatable bonds is 4. The van der Waals surface area contributed by atoms with Crippen molar-refractivity contribution in [2.24, 2.45) is 5.92 Å². The molecule has 2 heterocycles. The van der Waals surface area contributed by atoms with Crippen LogP contribution in [0.5, 0.6) is 0 Å². The van der Waals surface area contributed by atoms with Crippen LogP contribution in [0.3, 0.4) is 0 Å². The normalized spacial score (nSPS) is 17.8. The van der Waals surface area contributed by atoms with Crippen molar-refractivity contribution >= 4 is 18.1 Å². The molecule has 114 valence electrons. The van der Waals surface area contributed by atoms with E-state index in [4.69, 9.17) is 5.11 Å². The second-order valence-corrected chi connectivity index (χ2v) is 5.73. The van der Waals surface area contributed by atoms with E-state index in [2.05, 4.69) is 18.8 Å². The fourth-order valence-corrected chi connectivity index (χ4v) is 2.29. The van der Waals surface area contributed by atoms with E-state index in [1.807, 2.05) is 10.8 Å². The van der Waals surface area contributed by atoms with Gasteiger partial charge in [0, 0.05) is 24.9 Å². The summed E-state index contributed by atoms with van der Waals surface area (Å²) in [7, 11) is 0. The van der Waals surface area contributed by atoms with Crippen LogP contribution >= 0.6 is 0 Å². The summed E-state index contributed by atoms with van der Waals surface area (Å²) in [6.45, 7) is 5.50. The van der Waals surface area contributed by atoms with Crippen LogP contribution in [0, 0.1) is 5.92 Å². The SMILES string of the molecule is CC(C)CCn1cnc(/C=C2\CCCN(C(=O)O)C2=O)c1. The molecular weight excluding hydrogens is 270 g/mol. The van der Waals surface area contributed by atoms with E-state index in [0.29, 0.717) is 30.0 Å². The molecule has 0 aliphatic carbocycles. The van der Waals surface area contributed by atoms with Crippen molar-refractivity contribution < 1.29 is 14.7 Å². The number of hydrogen-bond donors (Lipinski definition) is 1. The second-order valence-electron chi connectivity index (χ2n) is 5.73. The molecule has 0 aromatic carbocycles. The minimum atomic E-state index is -1.19. The van der Waals surface area contributed by atoms with Crippen molar-refractivity contribution in [2.45, 2.75) is 39.7 Å². The number of nitrogens with zero attached hydrogens (tertiary/aromatic N) is 3. The van der Waals surface area contributed by atoms with Gasteiger partial charge in [-0.25, -0.2) is 14.7 Å². The largest absolute Gasteiger partial charge is 0.465 e. The highest BCUT2D eigenvalue weighted by atomic mass is 16.4. The van der Waals surface area contributed by atoms with Crippen LogP contribution in [-0.4, -0.2) is 38.1 Å². The van der Waals surface area contributed by atoms with Crippen molar-refractivity contribution in [2.75, 3.05) is 6.54 Å². The molecule has 1 N–H and O–H groups in total. The van der Waals surface area contributed by atoms with E-state index in [1.54, 1.807) is 12.4 Å². The van der Waals surface area contributed by atoms with Gasteiger partial charge in [-0.05, 0) is 31.3 Å². The molecule has 1 saturated heterocycles. The lowest BCUT2D eigenvalue weighted by molar-refractivity contribution is -0.126. The Labute approximate surface area is 124 Å². The van der Waals surface area contributed by atoms with Gasteiger partial charge in [0.05, 0.1) is 12.0 Å². The molecule has 1 aliphatic rings. The predicted octanol–water partition coefficient (Wildman–Crippen LogP) is 2.61. The van der Waals surface area contributed by atoms with Crippen molar-refractivity contribution in [1.29, 1.82) is 0 Å². The monoisotopic (exact) mass is 291 g/mol. The maximum atomic E-state index is 12.0. The first-order valence-electron chi connectivity index (χ1n) is 7.24. The van der Waals surface area contributed by atoms with Gasteiger partial charge in [-0.2, -0.15) is 0 Å². The Morgan fingerprint density at radius 3 is 2.95 bits per heavy atom. The molecule has 1 fully saturated rings. The van der Waals surface area contributed by atoms with Crippen LogP contribution in [-0.2, 0) is 11.3 Å². The van der Waals surface area contributed by atoms with Crippen molar-refractivity contribution in [3.63, 3.8) is 0 Å². The number of aryl methyl sites for hydroxylation is 1. The minimum Gasteiger partial charge on any atom is -0.465 e. The predicted molar refractivity (Wildman–Crippen MR) is 78.6 cm³/mol. The summed E-state index contributed by atoms with van der Waals surface area (Å²) in [6.07, 6.45) is 6.48. The maximum absolute atomic E-state index is 12.0.